The van der Waals surface area contributed by atoms with Gasteiger partial charge in [0.05, 0.1) is 12.1 Å². The van der Waals surface area contributed by atoms with Gasteiger partial charge in [0.2, 0.25) is 5.91 Å². The van der Waals surface area contributed by atoms with Crippen LogP contribution in [0.4, 0.5) is 0 Å². The van der Waals surface area contributed by atoms with Gasteiger partial charge in [-0.3, -0.25) is 4.79 Å². The Morgan fingerprint density at radius 1 is 1.62 bits per heavy atom. The van der Waals surface area contributed by atoms with Gasteiger partial charge in [-0.2, -0.15) is 0 Å². The minimum atomic E-state index is -0.436. The average Bonchev–Trinajstić information content (AvgIpc) is 2.10. The number of hydrogen-bond donors (Lipinski definition) is 3. The molecule has 13 heavy (non-hydrogen) atoms. The molecule has 0 aromatic heterocycles. The number of aliphatic hydroxyl groups excluding tert-OH is 1. The Labute approximate surface area is 79.0 Å². The molecule has 2 unspecified atom stereocenters. The van der Waals surface area contributed by atoms with E-state index in [1.807, 2.05) is 0 Å². The molecule has 0 aliphatic carbocycles. The first kappa shape index (κ1) is 12.1. The van der Waals surface area contributed by atoms with E-state index < -0.39 is 6.10 Å². The second-order valence-corrected chi connectivity index (χ2v) is 3.01. The van der Waals surface area contributed by atoms with Gasteiger partial charge in [-0.05, 0) is 13.8 Å². The smallest absolute Gasteiger partial charge is 0.237 e. The number of amides is 1. The Bertz CT molecular complexity index is 169. The van der Waals surface area contributed by atoms with Crippen LogP contribution in [0.3, 0.4) is 0 Å². The molecule has 0 radical (unpaired) electrons. The average molecular weight is 186 g/mol. The summed E-state index contributed by atoms with van der Waals surface area (Å²) < 4.78 is 0. The maximum absolute atomic E-state index is 11.2. The van der Waals surface area contributed by atoms with Crippen LogP contribution in [0.25, 0.3) is 0 Å². The van der Waals surface area contributed by atoms with Crippen molar-refractivity contribution in [1.82, 2.24) is 10.6 Å². The molecule has 0 aromatic rings. The molecule has 0 bridgehead atoms. The summed E-state index contributed by atoms with van der Waals surface area (Å²) in [5.41, 5.74) is 0. The Kier molecular flexibility index (Phi) is 6.18. The Morgan fingerprint density at radius 3 is 2.69 bits per heavy atom. The van der Waals surface area contributed by atoms with Crippen molar-refractivity contribution in [2.24, 2.45) is 0 Å². The molecule has 3 N–H and O–H groups in total. The zero-order chi connectivity index (χ0) is 10.3. The fourth-order valence-corrected chi connectivity index (χ4v) is 0.766. The highest BCUT2D eigenvalue weighted by molar-refractivity contribution is 5.81. The van der Waals surface area contributed by atoms with E-state index in [0.29, 0.717) is 13.1 Å². The van der Waals surface area contributed by atoms with Crippen molar-refractivity contribution in [2.45, 2.75) is 26.0 Å². The summed E-state index contributed by atoms with van der Waals surface area (Å²) in [7, 11) is 0. The molecule has 0 heterocycles. The minimum Gasteiger partial charge on any atom is -0.392 e. The van der Waals surface area contributed by atoms with Crippen LogP contribution in [0.15, 0.2) is 12.7 Å². The Morgan fingerprint density at radius 2 is 2.23 bits per heavy atom. The second-order valence-electron chi connectivity index (χ2n) is 3.01. The van der Waals surface area contributed by atoms with Gasteiger partial charge in [-0.15, -0.1) is 6.58 Å². The van der Waals surface area contributed by atoms with Crippen molar-refractivity contribution in [2.75, 3.05) is 13.1 Å². The van der Waals surface area contributed by atoms with Crippen LogP contribution in [0.1, 0.15) is 13.8 Å². The molecule has 2 atom stereocenters. The minimum absolute atomic E-state index is 0.0828. The van der Waals surface area contributed by atoms with E-state index in [0.717, 1.165) is 0 Å². The topological polar surface area (TPSA) is 61.4 Å². The van der Waals surface area contributed by atoms with Crippen LogP contribution in [-0.4, -0.2) is 36.2 Å². The molecular weight excluding hydrogens is 168 g/mol. The molecule has 0 aromatic carbocycles. The van der Waals surface area contributed by atoms with Crippen molar-refractivity contribution in [3.05, 3.63) is 12.7 Å². The first-order valence-electron chi connectivity index (χ1n) is 4.38. The standard InChI is InChI=1S/C9H18N2O2/c1-4-5-10-9(13)8(3)11-6-7(2)12/h4,7-8,11-12H,1,5-6H2,2-3H3,(H,10,13). The van der Waals surface area contributed by atoms with E-state index in [4.69, 9.17) is 5.11 Å². The van der Waals surface area contributed by atoms with Gasteiger partial charge in [0, 0.05) is 13.1 Å². The predicted molar refractivity (Wildman–Crippen MR) is 52.4 cm³/mol. The first-order valence-corrected chi connectivity index (χ1v) is 4.38. The third-order valence-corrected chi connectivity index (χ3v) is 1.53. The van der Waals surface area contributed by atoms with Crippen molar-refractivity contribution in [3.8, 4) is 0 Å². The molecule has 0 fully saturated rings. The highest BCUT2D eigenvalue weighted by atomic mass is 16.3. The predicted octanol–water partition coefficient (Wildman–Crippen LogP) is -0.352. The maximum Gasteiger partial charge on any atom is 0.237 e. The largest absolute Gasteiger partial charge is 0.392 e. The van der Waals surface area contributed by atoms with Crippen LogP contribution < -0.4 is 10.6 Å². The molecular formula is C9H18N2O2. The highest BCUT2D eigenvalue weighted by Crippen LogP contribution is 1.83. The summed E-state index contributed by atoms with van der Waals surface area (Å²) >= 11 is 0. The molecule has 0 aliphatic rings. The molecule has 0 aliphatic heterocycles. The van der Waals surface area contributed by atoms with Gasteiger partial charge < -0.3 is 15.7 Å². The molecule has 4 nitrogen and oxygen atoms in total. The molecule has 4 heteroatoms. The summed E-state index contributed by atoms with van der Waals surface area (Å²) in [4.78, 5) is 11.2. The van der Waals surface area contributed by atoms with E-state index >= 15 is 0 Å². The van der Waals surface area contributed by atoms with E-state index in [9.17, 15) is 4.79 Å². The number of carbonyl (C=O) groups excluding carboxylic acids is 1. The van der Waals surface area contributed by atoms with Gasteiger partial charge >= 0.3 is 0 Å². The van der Waals surface area contributed by atoms with Crippen LogP contribution in [0.2, 0.25) is 0 Å². The lowest BCUT2D eigenvalue weighted by Crippen LogP contribution is -2.44. The summed E-state index contributed by atoms with van der Waals surface area (Å²) in [6, 6.07) is -0.283. The summed E-state index contributed by atoms with van der Waals surface area (Å²) in [5, 5.41) is 14.5. The first-order chi connectivity index (χ1) is 6.07. The molecule has 0 rings (SSSR count). The Balaban J connectivity index is 3.62. The second kappa shape index (κ2) is 6.62. The van der Waals surface area contributed by atoms with E-state index in [1.54, 1.807) is 19.9 Å². The molecule has 0 saturated heterocycles. The van der Waals surface area contributed by atoms with E-state index in [2.05, 4.69) is 17.2 Å². The van der Waals surface area contributed by atoms with Gasteiger partial charge in [0.15, 0.2) is 0 Å². The van der Waals surface area contributed by atoms with Crippen LogP contribution >= 0.6 is 0 Å². The highest BCUT2D eigenvalue weighted by Gasteiger charge is 2.10. The van der Waals surface area contributed by atoms with Crippen molar-refractivity contribution >= 4 is 5.91 Å². The van der Waals surface area contributed by atoms with Crippen LogP contribution in [-0.2, 0) is 4.79 Å². The van der Waals surface area contributed by atoms with Crippen LogP contribution in [0.5, 0.6) is 0 Å². The number of aliphatic hydroxyl groups is 1. The zero-order valence-electron chi connectivity index (χ0n) is 8.21. The van der Waals surface area contributed by atoms with Gasteiger partial charge in [0.1, 0.15) is 0 Å². The zero-order valence-corrected chi connectivity index (χ0v) is 8.21. The number of nitrogens with one attached hydrogen (secondary N) is 2. The number of rotatable bonds is 6. The summed E-state index contributed by atoms with van der Waals surface area (Å²) in [5.74, 6) is -0.0828. The SMILES string of the molecule is C=CCNC(=O)C(C)NCC(C)O. The maximum atomic E-state index is 11.2. The van der Waals surface area contributed by atoms with Crippen molar-refractivity contribution in [3.63, 3.8) is 0 Å². The lowest BCUT2D eigenvalue weighted by atomic mass is 10.3. The lowest BCUT2D eigenvalue weighted by molar-refractivity contribution is -0.122. The van der Waals surface area contributed by atoms with Gasteiger partial charge in [-0.1, -0.05) is 6.08 Å². The van der Waals surface area contributed by atoms with E-state index in [-0.39, 0.29) is 11.9 Å². The lowest BCUT2D eigenvalue weighted by Gasteiger charge is -2.14. The fourth-order valence-electron chi connectivity index (χ4n) is 0.766. The monoisotopic (exact) mass is 186 g/mol. The number of hydrogen-bond acceptors (Lipinski definition) is 3. The molecule has 76 valence electrons. The molecule has 0 saturated carbocycles. The van der Waals surface area contributed by atoms with Crippen molar-refractivity contribution in [1.29, 1.82) is 0 Å². The normalized spacial score (nSPS) is 14.7. The van der Waals surface area contributed by atoms with Crippen molar-refractivity contribution < 1.29 is 9.90 Å². The summed E-state index contributed by atoms with van der Waals surface area (Å²) in [6.07, 6.45) is 1.19. The quantitative estimate of drug-likeness (QED) is 0.497. The third-order valence-electron chi connectivity index (χ3n) is 1.53. The van der Waals surface area contributed by atoms with Crippen LogP contribution in [0, 0.1) is 0 Å². The van der Waals surface area contributed by atoms with E-state index in [1.165, 1.54) is 0 Å². The molecule has 1 amide bonds. The van der Waals surface area contributed by atoms with Gasteiger partial charge in [0.25, 0.3) is 0 Å². The summed E-state index contributed by atoms with van der Waals surface area (Å²) in [6.45, 7) is 7.80. The number of carbonyl (C=O) groups is 1. The fraction of sp³-hybridized carbons (Fsp3) is 0.667. The third kappa shape index (κ3) is 6.31. The van der Waals surface area contributed by atoms with Gasteiger partial charge in [-0.25, -0.2) is 0 Å². The molecule has 0 spiro atoms. The Hall–Kier alpha value is -0.870.